The minimum Gasteiger partial charge on any atom is -0.466 e. The highest BCUT2D eigenvalue weighted by Gasteiger charge is 2.36. The van der Waals surface area contributed by atoms with E-state index in [0.717, 1.165) is 37.2 Å². The zero-order valence-electron chi connectivity index (χ0n) is 10.0. The van der Waals surface area contributed by atoms with Gasteiger partial charge in [-0.2, -0.15) is 0 Å². The lowest BCUT2D eigenvalue weighted by Crippen LogP contribution is -2.42. The van der Waals surface area contributed by atoms with Crippen molar-refractivity contribution in [2.75, 3.05) is 0 Å². The molecule has 1 aliphatic rings. The lowest BCUT2D eigenvalue weighted by Gasteiger charge is -2.26. The van der Waals surface area contributed by atoms with E-state index < -0.39 is 0 Å². The van der Waals surface area contributed by atoms with Gasteiger partial charge in [-0.05, 0) is 25.0 Å². The normalized spacial score (nSPS) is 24.8. The lowest BCUT2D eigenvalue weighted by atomic mass is 9.89. The van der Waals surface area contributed by atoms with Gasteiger partial charge in [-0.15, -0.1) is 0 Å². The van der Waals surface area contributed by atoms with Crippen LogP contribution in [-0.4, -0.2) is 11.4 Å². The van der Waals surface area contributed by atoms with E-state index in [1.165, 1.54) is 0 Å². The van der Waals surface area contributed by atoms with Gasteiger partial charge in [-0.3, -0.25) is 4.79 Å². The van der Waals surface area contributed by atoms with Crippen LogP contribution < -0.4 is 5.32 Å². The summed E-state index contributed by atoms with van der Waals surface area (Å²) in [7, 11) is 0. The fourth-order valence-electron chi connectivity index (χ4n) is 2.34. The Morgan fingerprint density at radius 3 is 2.62 bits per heavy atom. The quantitative estimate of drug-likeness (QED) is 0.848. The maximum Gasteiger partial charge on any atom is 0.220 e. The summed E-state index contributed by atoms with van der Waals surface area (Å²) >= 11 is 0. The van der Waals surface area contributed by atoms with Gasteiger partial charge in [0, 0.05) is 24.8 Å². The standard InChI is InChI=1S/C13H19NO2/c1-3-10-5-6-11(16-10)9-13(4-2)8-7-12(15)14-13/h5-6H,3-4,7-9H2,1-2H3,(H,14,15). The monoisotopic (exact) mass is 221 g/mol. The fraction of sp³-hybridized carbons (Fsp3) is 0.615. The Labute approximate surface area is 96.2 Å². The van der Waals surface area contributed by atoms with Crippen molar-refractivity contribution in [3.05, 3.63) is 23.7 Å². The van der Waals surface area contributed by atoms with Gasteiger partial charge in [0.1, 0.15) is 11.5 Å². The Hall–Kier alpha value is -1.25. The molecule has 1 fully saturated rings. The van der Waals surface area contributed by atoms with Crippen LogP contribution in [0, 0.1) is 0 Å². The van der Waals surface area contributed by atoms with Crippen molar-refractivity contribution in [1.29, 1.82) is 0 Å². The zero-order valence-corrected chi connectivity index (χ0v) is 10.0. The molecular weight excluding hydrogens is 202 g/mol. The summed E-state index contributed by atoms with van der Waals surface area (Å²) in [6.07, 6.45) is 4.27. The molecule has 0 saturated carbocycles. The third-order valence-electron chi connectivity index (χ3n) is 3.49. The highest BCUT2D eigenvalue weighted by atomic mass is 16.3. The fourth-order valence-corrected chi connectivity index (χ4v) is 2.34. The van der Waals surface area contributed by atoms with Gasteiger partial charge >= 0.3 is 0 Å². The van der Waals surface area contributed by atoms with Gasteiger partial charge in [0.15, 0.2) is 0 Å². The van der Waals surface area contributed by atoms with Crippen molar-refractivity contribution >= 4 is 5.91 Å². The topological polar surface area (TPSA) is 42.2 Å². The first-order valence-electron chi connectivity index (χ1n) is 6.06. The Kier molecular flexibility index (Phi) is 3.03. The van der Waals surface area contributed by atoms with Crippen molar-refractivity contribution in [2.24, 2.45) is 0 Å². The largest absolute Gasteiger partial charge is 0.466 e. The Morgan fingerprint density at radius 2 is 2.12 bits per heavy atom. The van der Waals surface area contributed by atoms with Crippen molar-refractivity contribution in [3.63, 3.8) is 0 Å². The molecule has 1 aliphatic heterocycles. The van der Waals surface area contributed by atoms with Crippen LogP contribution in [0.3, 0.4) is 0 Å². The van der Waals surface area contributed by atoms with E-state index in [-0.39, 0.29) is 11.4 Å². The molecule has 1 aromatic heterocycles. The minimum absolute atomic E-state index is 0.0695. The van der Waals surface area contributed by atoms with E-state index in [2.05, 4.69) is 19.2 Å². The lowest BCUT2D eigenvalue weighted by molar-refractivity contribution is -0.119. The SMILES string of the molecule is CCc1ccc(CC2(CC)CCC(=O)N2)o1. The first-order valence-corrected chi connectivity index (χ1v) is 6.06. The van der Waals surface area contributed by atoms with E-state index in [4.69, 9.17) is 4.42 Å². The molecule has 3 nitrogen and oxygen atoms in total. The number of hydrogen-bond donors (Lipinski definition) is 1. The maximum atomic E-state index is 11.3. The van der Waals surface area contributed by atoms with Gasteiger partial charge in [0.25, 0.3) is 0 Å². The number of furan rings is 1. The Bertz CT molecular complexity index is 383. The van der Waals surface area contributed by atoms with E-state index >= 15 is 0 Å². The molecule has 1 atom stereocenters. The number of rotatable bonds is 4. The molecule has 16 heavy (non-hydrogen) atoms. The maximum absolute atomic E-state index is 11.3. The van der Waals surface area contributed by atoms with Gasteiger partial charge in [0.05, 0.1) is 0 Å². The summed E-state index contributed by atoms with van der Waals surface area (Å²) in [5.41, 5.74) is -0.0695. The summed E-state index contributed by atoms with van der Waals surface area (Å²) < 4.78 is 5.71. The van der Waals surface area contributed by atoms with Gasteiger partial charge in [0.2, 0.25) is 5.91 Å². The zero-order chi connectivity index (χ0) is 11.6. The number of aryl methyl sites for hydroxylation is 1. The summed E-state index contributed by atoms with van der Waals surface area (Å²) in [6.45, 7) is 4.20. The Morgan fingerprint density at radius 1 is 1.38 bits per heavy atom. The third kappa shape index (κ3) is 2.13. The molecule has 0 radical (unpaired) electrons. The average Bonchev–Trinajstić information content (AvgIpc) is 2.87. The van der Waals surface area contributed by atoms with Crippen LogP contribution in [-0.2, 0) is 17.6 Å². The molecule has 1 unspecified atom stereocenters. The first kappa shape index (κ1) is 11.2. The number of hydrogen-bond acceptors (Lipinski definition) is 2. The molecule has 1 aromatic rings. The Balaban J connectivity index is 2.09. The predicted octanol–water partition coefficient (Wildman–Crippen LogP) is 2.44. The van der Waals surface area contributed by atoms with E-state index in [0.29, 0.717) is 6.42 Å². The molecule has 1 amide bonds. The molecule has 0 aliphatic carbocycles. The van der Waals surface area contributed by atoms with Crippen LogP contribution in [0.15, 0.2) is 16.5 Å². The molecule has 1 N–H and O–H groups in total. The van der Waals surface area contributed by atoms with E-state index in [1.807, 2.05) is 12.1 Å². The van der Waals surface area contributed by atoms with Crippen LogP contribution in [0.1, 0.15) is 44.6 Å². The predicted molar refractivity (Wildman–Crippen MR) is 62.2 cm³/mol. The van der Waals surface area contributed by atoms with Crippen LogP contribution in [0.4, 0.5) is 0 Å². The summed E-state index contributed by atoms with van der Waals surface area (Å²) in [5, 5.41) is 3.09. The van der Waals surface area contributed by atoms with Crippen LogP contribution >= 0.6 is 0 Å². The summed E-state index contributed by atoms with van der Waals surface area (Å²) in [6, 6.07) is 4.05. The summed E-state index contributed by atoms with van der Waals surface area (Å²) in [5.74, 6) is 2.18. The molecule has 88 valence electrons. The second kappa shape index (κ2) is 4.32. The van der Waals surface area contributed by atoms with Crippen molar-refractivity contribution in [3.8, 4) is 0 Å². The van der Waals surface area contributed by atoms with E-state index in [1.54, 1.807) is 0 Å². The molecule has 0 aromatic carbocycles. The highest BCUT2D eigenvalue weighted by molar-refractivity contribution is 5.79. The average molecular weight is 221 g/mol. The molecule has 1 saturated heterocycles. The second-order valence-electron chi connectivity index (χ2n) is 4.58. The van der Waals surface area contributed by atoms with Crippen LogP contribution in [0.2, 0.25) is 0 Å². The molecule has 3 heteroatoms. The number of nitrogens with one attached hydrogen (secondary N) is 1. The van der Waals surface area contributed by atoms with Crippen LogP contribution in [0.25, 0.3) is 0 Å². The molecule has 0 bridgehead atoms. The van der Waals surface area contributed by atoms with Crippen molar-refractivity contribution < 1.29 is 9.21 Å². The second-order valence-corrected chi connectivity index (χ2v) is 4.58. The van der Waals surface area contributed by atoms with Crippen LogP contribution in [0.5, 0.6) is 0 Å². The number of carbonyl (C=O) groups excluding carboxylic acids is 1. The number of carbonyl (C=O) groups is 1. The molecular formula is C13H19NO2. The molecule has 0 spiro atoms. The third-order valence-corrected chi connectivity index (χ3v) is 3.49. The molecule has 2 rings (SSSR count). The van der Waals surface area contributed by atoms with Crippen molar-refractivity contribution in [1.82, 2.24) is 5.32 Å². The van der Waals surface area contributed by atoms with Gasteiger partial charge < -0.3 is 9.73 Å². The number of amides is 1. The van der Waals surface area contributed by atoms with E-state index in [9.17, 15) is 4.79 Å². The smallest absolute Gasteiger partial charge is 0.220 e. The minimum atomic E-state index is -0.0695. The van der Waals surface area contributed by atoms with Gasteiger partial charge in [-0.25, -0.2) is 0 Å². The summed E-state index contributed by atoms with van der Waals surface area (Å²) in [4.78, 5) is 11.3. The first-order chi connectivity index (χ1) is 7.67. The highest BCUT2D eigenvalue weighted by Crippen LogP contribution is 2.28. The molecule has 2 heterocycles. The van der Waals surface area contributed by atoms with Gasteiger partial charge in [-0.1, -0.05) is 13.8 Å². The van der Waals surface area contributed by atoms with Crippen molar-refractivity contribution in [2.45, 2.75) is 51.5 Å².